The van der Waals surface area contributed by atoms with Crippen LogP contribution >= 0.6 is 0 Å². The van der Waals surface area contributed by atoms with Gasteiger partial charge in [-0.2, -0.15) is 0 Å². The fourth-order valence-electron chi connectivity index (χ4n) is 10.2. The minimum atomic E-state index is -0.765. The molecule has 5 nitrogen and oxygen atoms in total. The number of unbranched alkanes of at least 4 members (excludes halogenated alkanes) is 51. The van der Waals surface area contributed by atoms with Crippen molar-refractivity contribution in [1.29, 1.82) is 0 Å². The molecule has 0 amide bonds. The number of hydrogen-bond donors (Lipinski definition) is 1. The van der Waals surface area contributed by atoms with Crippen molar-refractivity contribution in [1.82, 2.24) is 0 Å². The van der Waals surface area contributed by atoms with E-state index in [0.29, 0.717) is 12.8 Å². The molecule has 0 bridgehead atoms. The molecule has 0 aromatic carbocycles. The molecule has 0 radical (unpaired) electrons. The number of hydrogen-bond acceptors (Lipinski definition) is 5. The molecule has 1 unspecified atom stereocenters. The second-order valence-electron chi connectivity index (χ2n) is 22.2. The third kappa shape index (κ3) is 59.2. The zero-order valence-electron chi connectivity index (χ0n) is 47.8. The Balaban J connectivity index is 3.35. The highest BCUT2D eigenvalue weighted by molar-refractivity contribution is 5.70. The molecule has 0 aromatic heterocycles. The predicted octanol–water partition coefficient (Wildman–Crippen LogP) is 21.9. The topological polar surface area (TPSA) is 72.8 Å². The molecule has 0 heterocycles. The minimum absolute atomic E-state index is 0.0566. The van der Waals surface area contributed by atoms with Crippen LogP contribution in [0.15, 0.2) is 12.2 Å². The number of esters is 2. The van der Waals surface area contributed by atoms with Crippen LogP contribution in [0.5, 0.6) is 0 Å². The van der Waals surface area contributed by atoms with Gasteiger partial charge in [0.25, 0.3) is 0 Å². The van der Waals surface area contributed by atoms with Gasteiger partial charge in [0.15, 0.2) is 6.10 Å². The Bertz CT molecular complexity index is 1030. The Morgan fingerprint density at radius 3 is 0.771 bits per heavy atom. The predicted molar refractivity (Wildman–Crippen MR) is 307 cm³/mol. The second kappa shape index (κ2) is 61.9. The van der Waals surface area contributed by atoms with Gasteiger partial charge in [0.05, 0.1) is 6.61 Å². The van der Waals surface area contributed by atoms with E-state index in [1.807, 2.05) is 0 Å². The zero-order chi connectivity index (χ0) is 50.6. The summed E-state index contributed by atoms with van der Waals surface area (Å²) in [5.41, 5.74) is 0. The summed E-state index contributed by atoms with van der Waals surface area (Å²) in [5, 5.41) is 9.67. The molecule has 70 heavy (non-hydrogen) atoms. The Morgan fingerprint density at radius 1 is 0.314 bits per heavy atom. The van der Waals surface area contributed by atoms with E-state index in [2.05, 4.69) is 26.0 Å². The summed E-state index contributed by atoms with van der Waals surface area (Å²) in [6, 6.07) is 0. The Labute approximate surface area is 439 Å². The summed E-state index contributed by atoms with van der Waals surface area (Å²) in [6.07, 6.45) is 78.1. The summed E-state index contributed by atoms with van der Waals surface area (Å²) in [6.45, 7) is 4.21. The van der Waals surface area contributed by atoms with Crippen LogP contribution in [0, 0.1) is 0 Å². The number of carbonyl (C=O) groups excluding carboxylic acids is 2. The Hall–Kier alpha value is -1.36. The van der Waals surface area contributed by atoms with Crippen LogP contribution in [0.25, 0.3) is 0 Å². The summed E-state index contributed by atoms with van der Waals surface area (Å²) in [4.78, 5) is 24.5. The molecular weight excluding hydrogens is 861 g/mol. The van der Waals surface area contributed by atoms with Gasteiger partial charge in [-0.3, -0.25) is 9.59 Å². The van der Waals surface area contributed by atoms with Crippen molar-refractivity contribution in [2.24, 2.45) is 0 Å². The normalized spacial score (nSPS) is 12.1. The van der Waals surface area contributed by atoms with Crippen LogP contribution in [-0.2, 0) is 19.1 Å². The maximum Gasteiger partial charge on any atom is 0.306 e. The summed E-state index contributed by atoms with van der Waals surface area (Å²) in [5.74, 6) is -0.564. The molecule has 1 N–H and O–H groups in total. The fraction of sp³-hybridized carbons (Fsp3) is 0.938. The van der Waals surface area contributed by atoms with Gasteiger partial charge in [-0.05, 0) is 38.5 Å². The van der Waals surface area contributed by atoms with Gasteiger partial charge in [0.1, 0.15) is 6.61 Å². The van der Waals surface area contributed by atoms with Gasteiger partial charge in [-0.25, -0.2) is 0 Å². The van der Waals surface area contributed by atoms with E-state index >= 15 is 0 Å². The highest BCUT2D eigenvalue weighted by atomic mass is 16.6. The number of rotatable bonds is 61. The number of allylic oxidation sites excluding steroid dienone is 2. The van der Waals surface area contributed by atoms with E-state index < -0.39 is 6.10 Å². The second-order valence-corrected chi connectivity index (χ2v) is 22.2. The van der Waals surface area contributed by atoms with Gasteiger partial charge >= 0.3 is 11.9 Å². The number of aliphatic hydroxyl groups excluding tert-OH is 1. The van der Waals surface area contributed by atoms with Crippen molar-refractivity contribution in [2.75, 3.05) is 13.2 Å². The van der Waals surface area contributed by atoms with Crippen LogP contribution in [0.1, 0.15) is 373 Å². The molecule has 0 fully saturated rings. The lowest BCUT2D eigenvalue weighted by Gasteiger charge is -2.15. The van der Waals surface area contributed by atoms with Gasteiger partial charge in [0.2, 0.25) is 0 Å². The molecular formula is C65H126O5. The van der Waals surface area contributed by atoms with Crippen molar-refractivity contribution in [2.45, 2.75) is 380 Å². The molecule has 0 saturated heterocycles. The third-order valence-corrected chi connectivity index (χ3v) is 15.1. The van der Waals surface area contributed by atoms with Gasteiger partial charge in [-0.15, -0.1) is 0 Å². The Kier molecular flexibility index (Phi) is 60.7. The third-order valence-electron chi connectivity index (χ3n) is 15.1. The molecule has 0 saturated carbocycles. The highest BCUT2D eigenvalue weighted by Gasteiger charge is 2.16. The molecule has 0 aliphatic rings. The monoisotopic (exact) mass is 987 g/mol. The molecule has 0 aliphatic heterocycles. The summed E-state index contributed by atoms with van der Waals surface area (Å²) in [7, 11) is 0. The van der Waals surface area contributed by atoms with E-state index in [-0.39, 0.29) is 25.2 Å². The quantitative estimate of drug-likeness (QED) is 0.0373. The van der Waals surface area contributed by atoms with Crippen molar-refractivity contribution < 1.29 is 24.2 Å². The first kappa shape index (κ1) is 68.6. The van der Waals surface area contributed by atoms with E-state index in [9.17, 15) is 14.7 Å². The molecule has 1 atom stereocenters. The zero-order valence-corrected chi connectivity index (χ0v) is 47.8. The summed E-state index contributed by atoms with van der Waals surface area (Å²) >= 11 is 0. The van der Waals surface area contributed by atoms with E-state index in [0.717, 1.165) is 32.1 Å². The molecule has 0 rings (SSSR count). The average Bonchev–Trinajstić information content (AvgIpc) is 3.36. The van der Waals surface area contributed by atoms with Crippen molar-refractivity contribution >= 4 is 11.9 Å². The molecule has 416 valence electrons. The average molecular weight is 988 g/mol. The van der Waals surface area contributed by atoms with Gasteiger partial charge in [-0.1, -0.05) is 334 Å². The first-order valence-electron chi connectivity index (χ1n) is 32.2. The number of carbonyl (C=O) groups is 2. The highest BCUT2D eigenvalue weighted by Crippen LogP contribution is 2.19. The minimum Gasteiger partial charge on any atom is -0.462 e. The van der Waals surface area contributed by atoms with E-state index in [1.54, 1.807) is 0 Å². The lowest BCUT2D eigenvalue weighted by molar-refractivity contribution is -0.161. The van der Waals surface area contributed by atoms with E-state index in [1.165, 1.54) is 315 Å². The summed E-state index contributed by atoms with van der Waals surface area (Å²) < 4.78 is 10.7. The van der Waals surface area contributed by atoms with Crippen molar-refractivity contribution in [3.63, 3.8) is 0 Å². The van der Waals surface area contributed by atoms with Crippen LogP contribution < -0.4 is 0 Å². The Morgan fingerprint density at radius 2 is 0.529 bits per heavy atom. The molecule has 0 aliphatic carbocycles. The smallest absolute Gasteiger partial charge is 0.306 e. The maximum absolute atomic E-state index is 12.3. The van der Waals surface area contributed by atoms with Crippen molar-refractivity contribution in [3.8, 4) is 0 Å². The number of aliphatic hydroxyl groups is 1. The lowest BCUT2D eigenvalue weighted by atomic mass is 10.0. The standard InChI is InChI=1S/C65H126O5/c1-3-5-7-9-11-13-15-17-19-21-23-24-25-26-27-28-29-30-31-32-33-34-35-36-37-38-39-40-42-44-46-48-50-52-54-56-58-60-65(68)70-63(61-66)62-69-64(67)59-57-55-53-51-49-47-45-43-41-22-20-18-16-14-12-10-8-6-4-2/h21,23,63,66H,3-20,22,24-62H2,1-2H3/b23-21-. The SMILES string of the molecule is CCCCCCCCCC/C=C\CCCCCCCCCCCCCCCCCCCCCCCCCCCC(=O)OC(CO)COC(=O)CCCCCCCCCCCCCCCCCCCCC. The van der Waals surface area contributed by atoms with Gasteiger partial charge < -0.3 is 14.6 Å². The first-order valence-corrected chi connectivity index (χ1v) is 32.2. The van der Waals surface area contributed by atoms with Crippen molar-refractivity contribution in [3.05, 3.63) is 12.2 Å². The largest absolute Gasteiger partial charge is 0.462 e. The lowest BCUT2D eigenvalue weighted by Crippen LogP contribution is -2.28. The number of ether oxygens (including phenoxy) is 2. The molecule has 5 heteroatoms. The van der Waals surface area contributed by atoms with Crippen LogP contribution in [0.3, 0.4) is 0 Å². The van der Waals surface area contributed by atoms with Crippen LogP contribution in [0.4, 0.5) is 0 Å². The van der Waals surface area contributed by atoms with Crippen LogP contribution in [0.2, 0.25) is 0 Å². The maximum atomic E-state index is 12.3. The van der Waals surface area contributed by atoms with Crippen LogP contribution in [-0.4, -0.2) is 36.4 Å². The molecule has 0 spiro atoms. The van der Waals surface area contributed by atoms with E-state index in [4.69, 9.17) is 9.47 Å². The molecule has 0 aromatic rings. The first-order chi connectivity index (χ1) is 34.6. The fourth-order valence-corrected chi connectivity index (χ4v) is 10.2. The van der Waals surface area contributed by atoms with Gasteiger partial charge in [0, 0.05) is 12.8 Å².